The summed E-state index contributed by atoms with van der Waals surface area (Å²) in [5.74, 6) is -10.3. The van der Waals surface area contributed by atoms with Gasteiger partial charge in [-0.2, -0.15) is 8.78 Å². The Hall–Kier alpha value is -2.52. The molecule has 0 aromatic heterocycles. The first-order valence-corrected chi connectivity index (χ1v) is 10.4. The molecule has 1 atom stereocenters. The van der Waals surface area contributed by atoms with Crippen molar-refractivity contribution >= 4 is 12.1 Å². The Labute approximate surface area is 177 Å². The van der Waals surface area contributed by atoms with E-state index in [-0.39, 0.29) is 13.2 Å². The summed E-state index contributed by atoms with van der Waals surface area (Å²) < 4.78 is 75.4. The highest BCUT2D eigenvalue weighted by Crippen LogP contribution is 2.31. The lowest BCUT2D eigenvalue weighted by Crippen LogP contribution is -2.23. The largest absolute Gasteiger partial charge is 0.508 e. The van der Waals surface area contributed by atoms with Crippen molar-refractivity contribution in [2.75, 3.05) is 19.8 Å². The van der Waals surface area contributed by atoms with Gasteiger partial charge in [0.15, 0.2) is 23.5 Å². The van der Waals surface area contributed by atoms with Crippen molar-refractivity contribution in [1.82, 2.24) is 0 Å². The summed E-state index contributed by atoms with van der Waals surface area (Å²) in [6.07, 6.45) is 5.81. The van der Waals surface area contributed by atoms with Crippen LogP contribution in [0.1, 0.15) is 68.6 Å². The van der Waals surface area contributed by atoms with Crippen molar-refractivity contribution in [1.29, 1.82) is 0 Å². The van der Waals surface area contributed by atoms with Gasteiger partial charge in [0, 0.05) is 0 Å². The molecule has 1 heterocycles. The molecule has 0 spiro atoms. The summed E-state index contributed by atoms with van der Waals surface area (Å²) in [4.78, 5) is 22.7. The Morgan fingerprint density at radius 2 is 1.52 bits per heavy atom. The number of halogens is 4. The van der Waals surface area contributed by atoms with E-state index >= 15 is 0 Å². The molecule has 0 amide bonds. The number of rotatable bonds is 13. The molecule has 6 nitrogen and oxygen atoms in total. The van der Waals surface area contributed by atoms with Crippen molar-refractivity contribution in [2.45, 2.75) is 64.4 Å². The zero-order chi connectivity index (χ0) is 22.8. The predicted molar refractivity (Wildman–Crippen MR) is 101 cm³/mol. The van der Waals surface area contributed by atoms with Crippen LogP contribution in [0.2, 0.25) is 0 Å². The molecular weight excluding hydrogens is 424 g/mol. The highest BCUT2D eigenvalue weighted by Gasteiger charge is 2.33. The van der Waals surface area contributed by atoms with E-state index in [1.807, 2.05) is 0 Å². The fraction of sp³-hybridized carbons (Fsp3) is 0.619. The third-order valence-electron chi connectivity index (χ3n) is 4.72. The molecule has 174 valence electrons. The lowest BCUT2D eigenvalue weighted by atomic mass is 10.1. The number of hydrogen-bond acceptors (Lipinski definition) is 6. The van der Waals surface area contributed by atoms with E-state index in [1.54, 1.807) is 0 Å². The lowest BCUT2D eigenvalue weighted by Gasteiger charge is -2.13. The summed E-state index contributed by atoms with van der Waals surface area (Å²) in [6, 6.07) is 0. The first-order chi connectivity index (χ1) is 14.9. The monoisotopic (exact) mass is 450 g/mol. The van der Waals surface area contributed by atoms with Crippen LogP contribution in [0.5, 0.6) is 5.75 Å². The van der Waals surface area contributed by atoms with Gasteiger partial charge in [-0.1, -0.05) is 51.9 Å². The summed E-state index contributed by atoms with van der Waals surface area (Å²) in [5, 5.41) is 0. The molecule has 1 saturated heterocycles. The maximum absolute atomic E-state index is 14.2. The van der Waals surface area contributed by atoms with Gasteiger partial charge < -0.3 is 18.9 Å². The zero-order valence-corrected chi connectivity index (χ0v) is 17.3. The molecule has 1 aliphatic rings. The number of hydrogen-bond donors (Lipinski definition) is 0. The van der Waals surface area contributed by atoms with Crippen molar-refractivity contribution in [3.8, 4) is 5.75 Å². The molecule has 0 radical (unpaired) electrons. The maximum Gasteiger partial charge on any atom is 0.508 e. The molecule has 0 bridgehead atoms. The van der Waals surface area contributed by atoms with Gasteiger partial charge in [-0.3, -0.25) is 0 Å². The summed E-state index contributed by atoms with van der Waals surface area (Å²) in [6.45, 7) is 1.17. The summed E-state index contributed by atoms with van der Waals surface area (Å²) in [7, 11) is 0. The van der Waals surface area contributed by atoms with Gasteiger partial charge in [0.05, 0.1) is 6.61 Å². The van der Waals surface area contributed by atoms with E-state index in [0.29, 0.717) is 6.42 Å². The smallest absolute Gasteiger partial charge is 0.487 e. The minimum atomic E-state index is -1.92. The average molecular weight is 450 g/mol. The van der Waals surface area contributed by atoms with Crippen LogP contribution in [0.4, 0.5) is 22.4 Å². The van der Waals surface area contributed by atoms with Crippen LogP contribution < -0.4 is 4.74 Å². The molecule has 10 heteroatoms. The molecule has 1 aliphatic heterocycles. The molecule has 0 saturated carbocycles. The normalized spacial score (nSPS) is 15.5. The van der Waals surface area contributed by atoms with Crippen LogP contribution in [0.15, 0.2) is 0 Å². The van der Waals surface area contributed by atoms with Crippen molar-refractivity contribution in [3.63, 3.8) is 0 Å². The fourth-order valence-electron chi connectivity index (χ4n) is 3.02. The van der Waals surface area contributed by atoms with E-state index in [2.05, 4.69) is 21.1 Å². The summed E-state index contributed by atoms with van der Waals surface area (Å²) in [5.41, 5.74) is -1.53. The standard InChI is InChI=1S/C21H26F4O6/c1-2-3-4-5-6-7-8-9-10-28-19-17(24)15(22)14(16(23)18(19)25)20(26)29-11-13-12-30-21(27)31-13/h13H,2-12H2,1H3. The van der Waals surface area contributed by atoms with Crippen molar-refractivity contribution in [2.24, 2.45) is 0 Å². The topological polar surface area (TPSA) is 71.1 Å². The predicted octanol–water partition coefficient (Wildman–Crippen LogP) is 5.45. The van der Waals surface area contributed by atoms with Gasteiger partial charge >= 0.3 is 12.1 Å². The molecule has 0 aliphatic carbocycles. The Morgan fingerprint density at radius 1 is 0.935 bits per heavy atom. The zero-order valence-electron chi connectivity index (χ0n) is 17.3. The third-order valence-corrected chi connectivity index (χ3v) is 4.72. The molecule has 0 N–H and O–H groups in total. The number of esters is 1. The van der Waals surface area contributed by atoms with E-state index in [4.69, 9.17) is 4.74 Å². The fourth-order valence-corrected chi connectivity index (χ4v) is 3.02. The molecule has 1 aromatic rings. The van der Waals surface area contributed by atoms with Crippen LogP contribution >= 0.6 is 0 Å². The van der Waals surface area contributed by atoms with Crippen LogP contribution in [0, 0.1) is 23.3 Å². The summed E-state index contributed by atoms with van der Waals surface area (Å²) >= 11 is 0. The lowest BCUT2D eigenvalue weighted by molar-refractivity contribution is 0.0288. The van der Waals surface area contributed by atoms with Crippen LogP contribution in [0.3, 0.4) is 0 Å². The minimum absolute atomic E-state index is 0.126. The number of unbranched alkanes of at least 4 members (excludes halogenated alkanes) is 7. The third kappa shape index (κ3) is 7.00. The van der Waals surface area contributed by atoms with Crippen molar-refractivity contribution in [3.05, 3.63) is 28.8 Å². The van der Waals surface area contributed by atoms with Crippen LogP contribution in [0.25, 0.3) is 0 Å². The van der Waals surface area contributed by atoms with E-state index in [0.717, 1.165) is 38.5 Å². The second-order valence-electron chi connectivity index (χ2n) is 7.18. The SMILES string of the molecule is CCCCCCCCCCOc1c(F)c(F)c(C(=O)OCC2COC(=O)O2)c(F)c1F. The Kier molecular flexibility index (Phi) is 9.87. The van der Waals surface area contributed by atoms with Crippen molar-refractivity contribution < 1.29 is 46.1 Å². The maximum atomic E-state index is 14.2. The molecule has 1 unspecified atom stereocenters. The Balaban J connectivity index is 1.88. The molecular formula is C21H26F4O6. The van der Waals surface area contributed by atoms with E-state index < -0.39 is 59.4 Å². The van der Waals surface area contributed by atoms with Gasteiger partial charge in [0.1, 0.15) is 18.8 Å². The second-order valence-corrected chi connectivity index (χ2v) is 7.18. The number of carbonyl (C=O) groups is 2. The van der Waals surface area contributed by atoms with Gasteiger partial charge in [0.2, 0.25) is 11.6 Å². The molecule has 1 fully saturated rings. The number of ether oxygens (including phenoxy) is 4. The van der Waals surface area contributed by atoms with Crippen LogP contribution in [-0.4, -0.2) is 38.0 Å². The molecule has 2 rings (SSSR count). The molecule has 1 aromatic carbocycles. The van der Waals surface area contributed by atoms with E-state index in [1.165, 1.54) is 6.42 Å². The quantitative estimate of drug-likeness (QED) is 0.172. The number of benzene rings is 1. The average Bonchev–Trinajstić information content (AvgIpc) is 3.17. The number of cyclic esters (lactones) is 2. The van der Waals surface area contributed by atoms with Gasteiger partial charge in [-0.15, -0.1) is 0 Å². The number of carbonyl (C=O) groups excluding carboxylic acids is 2. The van der Waals surface area contributed by atoms with Crippen LogP contribution in [-0.2, 0) is 14.2 Å². The van der Waals surface area contributed by atoms with E-state index in [9.17, 15) is 27.2 Å². The second kappa shape index (κ2) is 12.4. The Bertz CT molecular complexity index is 742. The highest BCUT2D eigenvalue weighted by molar-refractivity contribution is 5.90. The Morgan fingerprint density at radius 3 is 2.06 bits per heavy atom. The van der Waals surface area contributed by atoms with Gasteiger partial charge in [0.25, 0.3) is 0 Å². The molecule has 31 heavy (non-hydrogen) atoms. The minimum Gasteiger partial charge on any atom is -0.487 e. The first-order valence-electron chi connectivity index (χ1n) is 10.4. The van der Waals surface area contributed by atoms with Gasteiger partial charge in [-0.25, -0.2) is 18.4 Å². The van der Waals surface area contributed by atoms with Gasteiger partial charge in [-0.05, 0) is 6.42 Å². The highest BCUT2D eigenvalue weighted by atomic mass is 19.2. The first kappa shape index (κ1) is 24.7.